The van der Waals surface area contributed by atoms with Crippen molar-refractivity contribution in [2.24, 2.45) is 4.99 Å². The Bertz CT molecular complexity index is 318. The monoisotopic (exact) mass is 206 g/mol. The van der Waals surface area contributed by atoms with Crippen LogP contribution in [0.5, 0.6) is 0 Å². The summed E-state index contributed by atoms with van der Waals surface area (Å²) in [7, 11) is -2.29. The molecule has 1 aromatic rings. The van der Waals surface area contributed by atoms with E-state index in [2.05, 4.69) is 4.99 Å². The molecule has 0 radical (unpaired) electrons. The fourth-order valence-electron chi connectivity index (χ4n) is 0.732. The summed E-state index contributed by atoms with van der Waals surface area (Å²) >= 11 is 0. The number of hydrogen-bond acceptors (Lipinski definition) is 2. The maximum absolute atomic E-state index is 10.5. The molecule has 0 spiro atoms. The average Bonchev–Trinajstić information content (AvgIpc) is 2.06. The summed E-state index contributed by atoms with van der Waals surface area (Å²) in [6.07, 6.45) is 0. The van der Waals surface area contributed by atoms with Crippen LogP contribution in [0, 0.1) is 0 Å². The van der Waals surface area contributed by atoms with Crippen molar-refractivity contribution in [3.8, 4) is 0 Å². The van der Waals surface area contributed by atoms with Crippen LogP contribution in [0.1, 0.15) is 8.35 Å². The number of benzene rings is 1. The van der Waals surface area contributed by atoms with Crippen molar-refractivity contribution in [1.82, 2.24) is 0 Å². The molecule has 0 aliphatic rings. The Morgan fingerprint density at radius 1 is 1.46 bits per heavy atom. The van der Waals surface area contributed by atoms with Gasteiger partial charge in [0.2, 0.25) is 0 Å². The van der Waals surface area contributed by atoms with Gasteiger partial charge in [0.15, 0.2) is 0 Å². The van der Waals surface area contributed by atoms with Crippen LogP contribution in [0.4, 0.5) is 5.69 Å². The van der Waals surface area contributed by atoms with Crippen molar-refractivity contribution < 1.29 is 40.4 Å². The first-order valence-corrected chi connectivity index (χ1v) is 4.68. The van der Waals surface area contributed by atoms with Crippen LogP contribution < -0.4 is 29.6 Å². The summed E-state index contributed by atoms with van der Waals surface area (Å²) in [5.74, 6) is 0. The molecule has 1 atom stereocenters. The summed E-state index contributed by atoms with van der Waals surface area (Å²) in [6.45, 7) is 1.53. The Balaban J connectivity index is 0. The van der Waals surface area contributed by atoms with Gasteiger partial charge in [0.1, 0.15) is 0 Å². The molecule has 0 aromatic heterocycles. The van der Waals surface area contributed by atoms with Gasteiger partial charge in [-0.25, -0.2) is 4.99 Å². The van der Waals surface area contributed by atoms with Crippen LogP contribution in [0.15, 0.2) is 35.3 Å². The first-order valence-electron chi connectivity index (χ1n) is 3.46. The van der Waals surface area contributed by atoms with E-state index in [9.17, 15) is 4.57 Å². The van der Waals surface area contributed by atoms with E-state index in [0.717, 1.165) is 0 Å². The molecule has 1 rings (SSSR count). The van der Waals surface area contributed by atoms with E-state index in [-0.39, 0.29) is 36.4 Å². The number of para-hydroxylation sites is 1. The van der Waals surface area contributed by atoms with E-state index in [1.54, 1.807) is 12.1 Å². The van der Waals surface area contributed by atoms with Gasteiger partial charge in [-0.15, -0.1) is 0 Å². The Labute approximate surface area is 102 Å². The first kappa shape index (κ1) is 12.9. The Morgan fingerprint density at radius 2 is 2.00 bits per heavy atom. The topological polar surface area (TPSA) is 49.7 Å². The predicted octanol–water partition coefficient (Wildman–Crippen LogP) is -0.412. The molecule has 5 heteroatoms. The fraction of sp³-hybridized carbons (Fsp3) is 0.125. The van der Waals surface area contributed by atoms with Crippen LogP contribution in [0.3, 0.4) is 0 Å². The summed E-state index contributed by atoms with van der Waals surface area (Å²) in [5, 5.41) is 0. The van der Waals surface area contributed by atoms with E-state index < -0.39 is 8.03 Å². The summed E-state index contributed by atoms with van der Waals surface area (Å²) < 4.78 is 10.5. The van der Waals surface area contributed by atoms with E-state index in [1.807, 2.05) is 18.2 Å². The molecular formula is C8H10NNaO2P+. The molecule has 0 aliphatic heterocycles. The smallest absolute Gasteiger partial charge is 1.00 e. The minimum Gasteiger partial charge on any atom is -1.00 e. The van der Waals surface area contributed by atoms with Crippen molar-refractivity contribution in [3.05, 3.63) is 30.3 Å². The van der Waals surface area contributed by atoms with Crippen molar-refractivity contribution in [1.29, 1.82) is 0 Å². The van der Waals surface area contributed by atoms with Gasteiger partial charge in [-0.2, -0.15) is 4.89 Å². The molecule has 0 bridgehead atoms. The van der Waals surface area contributed by atoms with Crippen molar-refractivity contribution in [2.75, 3.05) is 0 Å². The van der Waals surface area contributed by atoms with Gasteiger partial charge in [-0.05, 0) is 16.7 Å². The third-order valence-corrected chi connectivity index (χ3v) is 1.98. The molecule has 3 nitrogen and oxygen atoms in total. The van der Waals surface area contributed by atoms with Crippen LogP contribution >= 0.6 is 8.03 Å². The second-order valence-corrected chi connectivity index (χ2v) is 3.46. The van der Waals surface area contributed by atoms with Crippen molar-refractivity contribution in [3.63, 3.8) is 0 Å². The maximum atomic E-state index is 10.5. The molecular weight excluding hydrogens is 196 g/mol. The number of aliphatic imine (C=N–C) groups is 1. The van der Waals surface area contributed by atoms with E-state index >= 15 is 0 Å². The number of rotatable bonds is 2. The largest absolute Gasteiger partial charge is 1.00 e. The maximum Gasteiger partial charge on any atom is 1.00 e. The molecule has 1 unspecified atom stereocenters. The van der Waals surface area contributed by atoms with Gasteiger partial charge in [0, 0.05) is 6.92 Å². The van der Waals surface area contributed by atoms with E-state index in [4.69, 9.17) is 4.89 Å². The minimum atomic E-state index is -2.29. The zero-order valence-corrected chi connectivity index (χ0v) is 10.5. The second kappa shape index (κ2) is 6.41. The Morgan fingerprint density at radius 3 is 2.46 bits per heavy atom. The normalized spacial score (nSPS) is 11.8. The van der Waals surface area contributed by atoms with Gasteiger partial charge in [0.05, 0.1) is 5.69 Å². The van der Waals surface area contributed by atoms with E-state index in [0.29, 0.717) is 5.69 Å². The fourth-order valence-corrected chi connectivity index (χ4v) is 0.933. The number of nitrogens with zero attached hydrogens (tertiary/aromatic N) is 1. The molecule has 0 heterocycles. The third-order valence-electron chi connectivity index (χ3n) is 1.32. The molecule has 0 amide bonds. The van der Waals surface area contributed by atoms with Crippen molar-refractivity contribution in [2.45, 2.75) is 6.92 Å². The second-order valence-electron chi connectivity index (χ2n) is 2.27. The van der Waals surface area contributed by atoms with Crippen LogP contribution in [-0.4, -0.2) is 10.3 Å². The van der Waals surface area contributed by atoms with Crippen LogP contribution in [-0.2, 0) is 4.57 Å². The molecule has 0 saturated carbocycles. The summed E-state index contributed by atoms with van der Waals surface area (Å²) in [6, 6.07) is 9.09. The zero-order chi connectivity index (χ0) is 8.97. The summed E-state index contributed by atoms with van der Waals surface area (Å²) in [5.41, 5.74) is 0.948. The molecule has 1 N–H and O–H groups in total. The Hall–Kier alpha value is -0.0500. The van der Waals surface area contributed by atoms with Gasteiger partial charge < -0.3 is 1.43 Å². The predicted molar refractivity (Wildman–Crippen MR) is 50.1 cm³/mol. The molecule has 64 valence electrons. The standard InChI is InChI=1S/C8H8NO2P.Na.H/c1-7(12(10)11)9-8-5-3-2-4-6-8;;/h2-6H,1H3;;/q;+1;-1/p+1. The van der Waals surface area contributed by atoms with Gasteiger partial charge in [-0.1, -0.05) is 18.2 Å². The molecule has 1 aromatic carbocycles. The van der Waals surface area contributed by atoms with Crippen LogP contribution in [0.25, 0.3) is 0 Å². The summed E-state index contributed by atoms with van der Waals surface area (Å²) in [4.78, 5) is 12.6. The Kier molecular flexibility index (Phi) is 6.39. The van der Waals surface area contributed by atoms with E-state index in [1.165, 1.54) is 6.92 Å². The minimum absolute atomic E-state index is 0. The van der Waals surface area contributed by atoms with Gasteiger partial charge in [-0.3, -0.25) is 0 Å². The first-order chi connectivity index (χ1) is 5.70. The molecule has 0 fully saturated rings. The third kappa shape index (κ3) is 4.65. The van der Waals surface area contributed by atoms with Crippen LogP contribution in [0.2, 0.25) is 0 Å². The molecule has 13 heavy (non-hydrogen) atoms. The molecule has 0 saturated heterocycles. The molecule has 0 aliphatic carbocycles. The van der Waals surface area contributed by atoms with Crippen molar-refractivity contribution >= 4 is 19.2 Å². The van der Waals surface area contributed by atoms with Gasteiger partial charge >= 0.3 is 37.6 Å². The quantitative estimate of drug-likeness (QED) is 0.406. The number of hydrogen-bond donors (Lipinski definition) is 1. The van der Waals surface area contributed by atoms with Gasteiger partial charge in [0.25, 0.3) is 5.45 Å². The zero-order valence-electron chi connectivity index (χ0n) is 8.64. The SMILES string of the molecule is CC(=Nc1ccccc1)[P+](=O)O.[H-].[Na+]. The average molecular weight is 206 g/mol.